The first kappa shape index (κ1) is 17.5. The van der Waals surface area contributed by atoms with Crippen molar-refractivity contribution in [2.45, 2.75) is 52.2 Å². The molecule has 3 rings (SSSR count). The Morgan fingerprint density at radius 3 is 2.36 bits per heavy atom. The number of benzene rings is 1. The van der Waals surface area contributed by atoms with Crippen molar-refractivity contribution in [2.24, 2.45) is 0 Å². The number of carbonyl (C=O) groups is 1. The maximum atomic E-state index is 12.2. The number of ether oxygens (including phenoxy) is 1. The van der Waals surface area contributed by atoms with Gasteiger partial charge in [-0.25, -0.2) is 4.79 Å². The summed E-state index contributed by atoms with van der Waals surface area (Å²) in [6, 6.07) is 8.82. The molecule has 0 unspecified atom stereocenters. The van der Waals surface area contributed by atoms with Gasteiger partial charge in [-0.15, -0.1) is 0 Å². The Bertz CT molecular complexity index is 720. The quantitative estimate of drug-likeness (QED) is 0.812. The summed E-state index contributed by atoms with van der Waals surface area (Å²) < 4.78 is 7.50. The second kappa shape index (κ2) is 6.90. The van der Waals surface area contributed by atoms with Crippen molar-refractivity contribution < 1.29 is 9.53 Å². The van der Waals surface area contributed by atoms with Gasteiger partial charge in [0.15, 0.2) is 0 Å². The van der Waals surface area contributed by atoms with Gasteiger partial charge in [0.25, 0.3) is 0 Å². The molecule has 134 valence electrons. The SMILES string of the molecule is Cc1ccc(-c2cnn(C3CCN(C(=O)OC(C)(C)C)CC3)c2)cc1. The summed E-state index contributed by atoms with van der Waals surface area (Å²) in [5.41, 5.74) is 3.13. The van der Waals surface area contributed by atoms with Crippen LogP contribution in [0.4, 0.5) is 4.79 Å². The highest BCUT2D eigenvalue weighted by molar-refractivity contribution is 5.68. The number of likely N-dealkylation sites (tertiary alicyclic amines) is 1. The lowest BCUT2D eigenvalue weighted by atomic mass is 10.1. The summed E-state index contributed by atoms with van der Waals surface area (Å²) in [7, 11) is 0. The lowest BCUT2D eigenvalue weighted by Gasteiger charge is -2.33. The normalized spacial score (nSPS) is 16.1. The van der Waals surface area contributed by atoms with Crippen molar-refractivity contribution >= 4 is 6.09 Å². The lowest BCUT2D eigenvalue weighted by molar-refractivity contribution is 0.0185. The van der Waals surface area contributed by atoms with E-state index in [4.69, 9.17) is 4.74 Å². The van der Waals surface area contributed by atoms with Gasteiger partial charge in [0.05, 0.1) is 12.2 Å². The second-order valence-electron chi connectivity index (χ2n) is 7.77. The summed E-state index contributed by atoms with van der Waals surface area (Å²) >= 11 is 0. The van der Waals surface area contributed by atoms with Crippen LogP contribution in [-0.4, -0.2) is 39.5 Å². The lowest BCUT2D eigenvalue weighted by Crippen LogP contribution is -2.42. The van der Waals surface area contributed by atoms with E-state index in [9.17, 15) is 4.79 Å². The molecular weight excluding hydrogens is 314 g/mol. The molecule has 0 spiro atoms. The number of aryl methyl sites for hydroxylation is 1. The Morgan fingerprint density at radius 2 is 1.76 bits per heavy atom. The first-order chi connectivity index (χ1) is 11.8. The Kier molecular flexibility index (Phi) is 4.84. The van der Waals surface area contributed by atoms with E-state index < -0.39 is 5.60 Å². The number of amides is 1. The zero-order chi connectivity index (χ0) is 18.0. The number of hydrogen-bond acceptors (Lipinski definition) is 3. The van der Waals surface area contributed by atoms with Crippen LogP contribution in [0, 0.1) is 6.92 Å². The highest BCUT2D eigenvalue weighted by Crippen LogP contribution is 2.26. The zero-order valence-electron chi connectivity index (χ0n) is 15.5. The maximum absolute atomic E-state index is 12.2. The molecule has 1 amide bonds. The van der Waals surface area contributed by atoms with E-state index in [1.807, 2.05) is 31.6 Å². The van der Waals surface area contributed by atoms with Crippen molar-refractivity contribution in [1.29, 1.82) is 0 Å². The van der Waals surface area contributed by atoms with Crippen molar-refractivity contribution in [3.8, 4) is 11.1 Å². The minimum absolute atomic E-state index is 0.216. The monoisotopic (exact) mass is 341 g/mol. The van der Waals surface area contributed by atoms with E-state index in [1.165, 1.54) is 11.1 Å². The Balaban J connectivity index is 1.60. The van der Waals surface area contributed by atoms with Crippen LogP contribution >= 0.6 is 0 Å². The zero-order valence-corrected chi connectivity index (χ0v) is 15.5. The molecule has 5 heteroatoms. The molecule has 1 aromatic carbocycles. The molecule has 1 aliphatic heterocycles. The smallest absolute Gasteiger partial charge is 0.410 e. The van der Waals surface area contributed by atoms with E-state index >= 15 is 0 Å². The van der Waals surface area contributed by atoms with Crippen LogP contribution < -0.4 is 0 Å². The maximum Gasteiger partial charge on any atom is 0.410 e. The molecule has 0 bridgehead atoms. The predicted octanol–water partition coefficient (Wildman–Crippen LogP) is 4.43. The number of aromatic nitrogens is 2. The highest BCUT2D eigenvalue weighted by atomic mass is 16.6. The Labute approximate surface area is 149 Å². The van der Waals surface area contributed by atoms with Crippen molar-refractivity contribution in [1.82, 2.24) is 14.7 Å². The van der Waals surface area contributed by atoms with Crippen LogP contribution in [0.3, 0.4) is 0 Å². The van der Waals surface area contributed by atoms with Crippen molar-refractivity contribution in [3.05, 3.63) is 42.2 Å². The largest absolute Gasteiger partial charge is 0.444 e. The average Bonchev–Trinajstić information content (AvgIpc) is 3.04. The number of carbonyl (C=O) groups excluding carboxylic acids is 1. The van der Waals surface area contributed by atoms with E-state index in [0.29, 0.717) is 19.1 Å². The van der Waals surface area contributed by atoms with Gasteiger partial charge < -0.3 is 9.64 Å². The number of rotatable bonds is 2. The molecule has 1 fully saturated rings. The summed E-state index contributed by atoms with van der Waals surface area (Å²) in [5, 5.41) is 4.55. The first-order valence-electron chi connectivity index (χ1n) is 8.91. The Hall–Kier alpha value is -2.30. The van der Waals surface area contributed by atoms with Crippen LogP contribution in [0.5, 0.6) is 0 Å². The standard InChI is InChI=1S/C20H27N3O2/c1-15-5-7-16(8-6-15)17-13-21-23(14-17)18-9-11-22(12-10-18)19(24)25-20(2,3)4/h5-8,13-14,18H,9-12H2,1-4H3. The molecule has 1 saturated heterocycles. The fraction of sp³-hybridized carbons (Fsp3) is 0.500. The minimum Gasteiger partial charge on any atom is -0.444 e. The van der Waals surface area contributed by atoms with Gasteiger partial charge >= 0.3 is 6.09 Å². The molecule has 0 saturated carbocycles. The highest BCUT2D eigenvalue weighted by Gasteiger charge is 2.27. The molecule has 0 aliphatic carbocycles. The molecule has 2 heterocycles. The topological polar surface area (TPSA) is 47.4 Å². The molecule has 5 nitrogen and oxygen atoms in total. The van der Waals surface area contributed by atoms with Crippen LogP contribution in [0.25, 0.3) is 11.1 Å². The van der Waals surface area contributed by atoms with Gasteiger partial charge in [0.1, 0.15) is 5.60 Å². The van der Waals surface area contributed by atoms with Crippen molar-refractivity contribution in [2.75, 3.05) is 13.1 Å². The minimum atomic E-state index is -0.446. The van der Waals surface area contributed by atoms with Gasteiger partial charge in [-0.3, -0.25) is 4.68 Å². The van der Waals surface area contributed by atoms with E-state index in [0.717, 1.165) is 18.4 Å². The fourth-order valence-electron chi connectivity index (χ4n) is 3.07. The predicted molar refractivity (Wildman–Crippen MR) is 98.5 cm³/mol. The Morgan fingerprint density at radius 1 is 1.12 bits per heavy atom. The average molecular weight is 341 g/mol. The molecule has 0 N–H and O–H groups in total. The molecule has 2 aromatic rings. The number of hydrogen-bond donors (Lipinski definition) is 0. The number of nitrogens with zero attached hydrogens (tertiary/aromatic N) is 3. The van der Waals surface area contributed by atoms with Crippen LogP contribution in [0.2, 0.25) is 0 Å². The van der Waals surface area contributed by atoms with E-state index in [-0.39, 0.29) is 6.09 Å². The molecule has 0 radical (unpaired) electrons. The van der Waals surface area contributed by atoms with Gasteiger partial charge in [-0.05, 0) is 46.1 Å². The molecule has 0 atom stereocenters. The van der Waals surface area contributed by atoms with E-state index in [2.05, 4.69) is 42.5 Å². The summed E-state index contributed by atoms with van der Waals surface area (Å²) in [5.74, 6) is 0. The summed E-state index contributed by atoms with van der Waals surface area (Å²) in [6.07, 6.45) is 5.61. The summed E-state index contributed by atoms with van der Waals surface area (Å²) in [6.45, 7) is 9.19. The molecule has 25 heavy (non-hydrogen) atoms. The first-order valence-corrected chi connectivity index (χ1v) is 8.91. The molecule has 1 aliphatic rings. The summed E-state index contributed by atoms with van der Waals surface area (Å²) in [4.78, 5) is 14.0. The van der Waals surface area contributed by atoms with Gasteiger partial charge in [0.2, 0.25) is 0 Å². The fourth-order valence-corrected chi connectivity index (χ4v) is 3.07. The van der Waals surface area contributed by atoms with E-state index in [1.54, 1.807) is 4.90 Å². The number of piperidine rings is 1. The van der Waals surface area contributed by atoms with Gasteiger partial charge in [-0.2, -0.15) is 5.10 Å². The third-order valence-electron chi connectivity index (χ3n) is 4.48. The molecule has 1 aromatic heterocycles. The van der Waals surface area contributed by atoms with Crippen LogP contribution in [-0.2, 0) is 4.74 Å². The van der Waals surface area contributed by atoms with Gasteiger partial charge in [0, 0.05) is 24.8 Å². The second-order valence-corrected chi connectivity index (χ2v) is 7.77. The van der Waals surface area contributed by atoms with Crippen LogP contribution in [0.1, 0.15) is 45.2 Å². The van der Waals surface area contributed by atoms with Crippen LogP contribution in [0.15, 0.2) is 36.7 Å². The third kappa shape index (κ3) is 4.41. The van der Waals surface area contributed by atoms with Gasteiger partial charge in [-0.1, -0.05) is 29.8 Å². The molecular formula is C20H27N3O2. The third-order valence-corrected chi connectivity index (χ3v) is 4.48. The van der Waals surface area contributed by atoms with Crippen molar-refractivity contribution in [3.63, 3.8) is 0 Å².